The molecule has 0 aliphatic heterocycles. The molecule has 0 saturated carbocycles. The summed E-state index contributed by atoms with van der Waals surface area (Å²) in [6, 6.07) is 4.04. The fraction of sp³-hybridized carbons (Fsp3) is 0.417. The number of benzene rings is 1. The van der Waals surface area contributed by atoms with Gasteiger partial charge >= 0.3 is 5.97 Å². The van der Waals surface area contributed by atoms with Crippen molar-refractivity contribution >= 4 is 11.7 Å². The van der Waals surface area contributed by atoms with Crippen molar-refractivity contribution in [2.24, 2.45) is 5.92 Å². The predicted molar refractivity (Wildman–Crippen MR) is 61.1 cm³/mol. The summed E-state index contributed by atoms with van der Waals surface area (Å²) >= 11 is 0. The van der Waals surface area contributed by atoms with Gasteiger partial charge in [-0.15, -0.1) is 0 Å². The molecule has 1 aromatic carbocycles. The lowest BCUT2D eigenvalue weighted by molar-refractivity contribution is 0.0601. The molecule has 0 aromatic heterocycles. The summed E-state index contributed by atoms with van der Waals surface area (Å²) in [6.45, 7) is 4.82. The van der Waals surface area contributed by atoms with Gasteiger partial charge in [0.25, 0.3) is 0 Å². The van der Waals surface area contributed by atoms with Gasteiger partial charge in [0.15, 0.2) is 0 Å². The average molecular weight is 225 g/mol. The van der Waals surface area contributed by atoms with Crippen LogP contribution in [0.4, 0.5) is 10.1 Å². The second-order valence-corrected chi connectivity index (χ2v) is 3.96. The van der Waals surface area contributed by atoms with Crippen molar-refractivity contribution in [2.75, 3.05) is 19.0 Å². The standard InChI is InChI=1S/C12H16FNO2/c1-8(2)7-14-11-5-4-9(13)6-10(11)12(15)16-3/h4-6,8,14H,7H2,1-3H3. The molecule has 0 saturated heterocycles. The Morgan fingerprint density at radius 3 is 2.75 bits per heavy atom. The van der Waals surface area contributed by atoms with E-state index in [1.807, 2.05) is 13.8 Å². The van der Waals surface area contributed by atoms with Crippen LogP contribution in [0.1, 0.15) is 24.2 Å². The lowest BCUT2D eigenvalue weighted by atomic mass is 10.1. The van der Waals surface area contributed by atoms with Crippen molar-refractivity contribution < 1.29 is 13.9 Å². The number of anilines is 1. The zero-order chi connectivity index (χ0) is 12.1. The number of hydrogen-bond acceptors (Lipinski definition) is 3. The first-order valence-electron chi connectivity index (χ1n) is 5.16. The maximum atomic E-state index is 13.0. The molecule has 4 heteroatoms. The molecule has 3 nitrogen and oxygen atoms in total. The summed E-state index contributed by atoms with van der Waals surface area (Å²) in [5.41, 5.74) is 0.824. The van der Waals surface area contributed by atoms with Gasteiger partial charge < -0.3 is 10.1 Å². The van der Waals surface area contributed by atoms with E-state index >= 15 is 0 Å². The van der Waals surface area contributed by atoms with E-state index in [2.05, 4.69) is 10.1 Å². The van der Waals surface area contributed by atoms with Crippen LogP contribution in [0, 0.1) is 11.7 Å². The van der Waals surface area contributed by atoms with E-state index in [9.17, 15) is 9.18 Å². The van der Waals surface area contributed by atoms with Crippen LogP contribution in [0.5, 0.6) is 0 Å². The third-order valence-corrected chi connectivity index (χ3v) is 2.09. The van der Waals surface area contributed by atoms with Gasteiger partial charge in [0.05, 0.1) is 12.7 Å². The van der Waals surface area contributed by atoms with Gasteiger partial charge in [-0.3, -0.25) is 0 Å². The smallest absolute Gasteiger partial charge is 0.340 e. The molecule has 16 heavy (non-hydrogen) atoms. The zero-order valence-electron chi connectivity index (χ0n) is 9.71. The third-order valence-electron chi connectivity index (χ3n) is 2.09. The van der Waals surface area contributed by atoms with Gasteiger partial charge in [-0.1, -0.05) is 13.8 Å². The number of carbonyl (C=O) groups is 1. The minimum absolute atomic E-state index is 0.225. The Labute approximate surface area is 94.6 Å². The van der Waals surface area contributed by atoms with Crippen LogP contribution < -0.4 is 5.32 Å². The van der Waals surface area contributed by atoms with Crippen LogP contribution in [0.15, 0.2) is 18.2 Å². The Hall–Kier alpha value is -1.58. The van der Waals surface area contributed by atoms with Crippen molar-refractivity contribution in [2.45, 2.75) is 13.8 Å². The van der Waals surface area contributed by atoms with E-state index in [1.54, 1.807) is 6.07 Å². The number of hydrogen-bond donors (Lipinski definition) is 1. The summed E-state index contributed by atoms with van der Waals surface area (Å²) < 4.78 is 17.6. The summed E-state index contributed by atoms with van der Waals surface area (Å²) in [4.78, 5) is 11.4. The Morgan fingerprint density at radius 1 is 1.50 bits per heavy atom. The van der Waals surface area contributed by atoms with Gasteiger partial charge in [-0.05, 0) is 24.1 Å². The fourth-order valence-corrected chi connectivity index (χ4v) is 1.26. The highest BCUT2D eigenvalue weighted by Gasteiger charge is 2.12. The van der Waals surface area contributed by atoms with Crippen LogP contribution in [-0.4, -0.2) is 19.6 Å². The molecule has 0 bridgehead atoms. The summed E-state index contributed by atoms with van der Waals surface area (Å²) in [5, 5.41) is 3.09. The molecule has 0 amide bonds. The van der Waals surface area contributed by atoms with E-state index in [0.717, 1.165) is 6.54 Å². The second kappa shape index (κ2) is 5.49. The molecule has 1 aromatic rings. The highest BCUT2D eigenvalue weighted by Crippen LogP contribution is 2.18. The SMILES string of the molecule is COC(=O)c1cc(F)ccc1NCC(C)C. The maximum absolute atomic E-state index is 13.0. The maximum Gasteiger partial charge on any atom is 0.340 e. The number of carbonyl (C=O) groups excluding carboxylic acids is 1. The van der Waals surface area contributed by atoms with E-state index in [0.29, 0.717) is 11.6 Å². The Balaban J connectivity index is 2.93. The number of esters is 1. The minimum atomic E-state index is -0.536. The first-order chi connectivity index (χ1) is 7.54. The van der Waals surface area contributed by atoms with Gasteiger partial charge in [0, 0.05) is 12.2 Å². The number of methoxy groups -OCH3 is 1. The first-order valence-corrected chi connectivity index (χ1v) is 5.16. The van der Waals surface area contributed by atoms with Crippen LogP contribution in [-0.2, 0) is 4.74 Å². The molecule has 0 unspecified atom stereocenters. The molecular formula is C12H16FNO2. The molecule has 88 valence electrons. The van der Waals surface area contributed by atoms with Crippen LogP contribution in [0.25, 0.3) is 0 Å². The lowest BCUT2D eigenvalue weighted by Crippen LogP contribution is -2.12. The highest BCUT2D eigenvalue weighted by atomic mass is 19.1. The quantitative estimate of drug-likeness (QED) is 0.800. The van der Waals surface area contributed by atoms with E-state index in [4.69, 9.17) is 0 Å². The number of rotatable bonds is 4. The first kappa shape index (κ1) is 12.5. The van der Waals surface area contributed by atoms with Crippen molar-refractivity contribution in [1.82, 2.24) is 0 Å². The summed E-state index contributed by atoms with van der Waals surface area (Å²) in [5.74, 6) is -0.545. The van der Waals surface area contributed by atoms with Crippen LogP contribution >= 0.6 is 0 Å². The van der Waals surface area contributed by atoms with E-state index in [-0.39, 0.29) is 5.56 Å². The Kier molecular flexibility index (Phi) is 4.28. The van der Waals surface area contributed by atoms with Crippen LogP contribution in [0.3, 0.4) is 0 Å². The molecule has 0 aliphatic rings. The Bertz CT molecular complexity index is 377. The van der Waals surface area contributed by atoms with Crippen molar-refractivity contribution in [3.05, 3.63) is 29.6 Å². The number of nitrogens with one attached hydrogen (secondary N) is 1. The van der Waals surface area contributed by atoms with Gasteiger partial charge in [0.1, 0.15) is 5.82 Å². The molecule has 0 spiro atoms. The second-order valence-electron chi connectivity index (χ2n) is 3.96. The number of halogens is 1. The highest BCUT2D eigenvalue weighted by molar-refractivity contribution is 5.95. The summed E-state index contributed by atoms with van der Waals surface area (Å²) in [7, 11) is 1.28. The Morgan fingerprint density at radius 2 is 2.19 bits per heavy atom. The molecular weight excluding hydrogens is 209 g/mol. The van der Waals surface area contributed by atoms with Gasteiger partial charge in [-0.25, -0.2) is 9.18 Å². The monoisotopic (exact) mass is 225 g/mol. The van der Waals surface area contributed by atoms with Crippen molar-refractivity contribution in [3.63, 3.8) is 0 Å². The molecule has 0 heterocycles. The molecule has 0 aliphatic carbocycles. The minimum Gasteiger partial charge on any atom is -0.465 e. The van der Waals surface area contributed by atoms with Crippen LogP contribution in [0.2, 0.25) is 0 Å². The average Bonchev–Trinajstić information content (AvgIpc) is 2.26. The molecule has 0 fully saturated rings. The summed E-state index contributed by atoms with van der Waals surface area (Å²) in [6.07, 6.45) is 0. The van der Waals surface area contributed by atoms with Gasteiger partial charge in [-0.2, -0.15) is 0 Å². The van der Waals surface area contributed by atoms with E-state index in [1.165, 1.54) is 19.2 Å². The topological polar surface area (TPSA) is 38.3 Å². The molecule has 1 N–H and O–H groups in total. The largest absolute Gasteiger partial charge is 0.465 e. The van der Waals surface area contributed by atoms with Crippen molar-refractivity contribution in [3.8, 4) is 0 Å². The third kappa shape index (κ3) is 3.22. The zero-order valence-corrected chi connectivity index (χ0v) is 9.71. The molecule has 0 atom stereocenters. The predicted octanol–water partition coefficient (Wildman–Crippen LogP) is 2.68. The lowest BCUT2D eigenvalue weighted by Gasteiger charge is -2.12. The number of ether oxygens (including phenoxy) is 1. The van der Waals surface area contributed by atoms with E-state index < -0.39 is 11.8 Å². The van der Waals surface area contributed by atoms with Crippen molar-refractivity contribution in [1.29, 1.82) is 0 Å². The molecule has 1 rings (SSSR count). The van der Waals surface area contributed by atoms with Gasteiger partial charge in [0.2, 0.25) is 0 Å². The normalized spacial score (nSPS) is 10.3. The molecule has 0 radical (unpaired) electrons. The fourth-order valence-electron chi connectivity index (χ4n) is 1.26.